The van der Waals surface area contributed by atoms with Crippen LogP contribution in [0.1, 0.15) is 40.6 Å². The van der Waals surface area contributed by atoms with Gasteiger partial charge in [0, 0.05) is 24.4 Å². The van der Waals surface area contributed by atoms with Crippen molar-refractivity contribution in [2.45, 2.75) is 47.1 Å². The number of hydrogen-bond acceptors (Lipinski definition) is 3. The molecule has 0 radical (unpaired) electrons. The number of aromatic nitrogens is 1. The van der Waals surface area contributed by atoms with Crippen LogP contribution in [0, 0.1) is 13.8 Å². The number of nitrogens with zero attached hydrogens (tertiary/aromatic N) is 2. The third-order valence-electron chi connectivity index (χ3n) is 3.92. The van der Waals surface area contributed by atoms with Crippen molar-refractivity contribution in [3.63, 3.8) is 0 Å². The van der Waals surface area contributed by atoms with Crippen LogP contribution in [0.15, 0.2) is 29.3 Å². The Kier molecular flexibility index (Phi) is 7.25. The van der Waals surface area contributed by atoms with Crippen molar-refractivity contribution < 1.29 is 0 Å². The third kappa shape index (κ3) is 5.34. The van der Waals surface area contributed by atoms with Crippen molar-refractivity contribution in [1.29, 1.82) is 0 Å². The lowest BCUT2D eigenvalue weighted by Gasteiger charge is -2.11. The van der Waals surface area contributed by atoms with Gasteiger partial charge >= 0.3 is 0 Å². The summed E-state index contributed by atoms with van der Waals surface area (Å²) in [4.78, 5) is 10.7. The molecule has 0 bridgehead atoms. The van der Waals surface area contributed by atoms with Crippen LogP contribution >= 0.6 is 11.3 Å². The van der Waals surface area contributed by atoms with Gasteiger partial charge in [0.25, 0.3) is 0 Å². The summed E-state index contributed by atoms with van der Waals surface area (Å²) in [5.41, 5.74) is 3.77. The van der Waals surface area contributed by atoms with Crippen LogP contribution in [0.2, 0.25) is 0 Å². The SMILES string of the molecule is CCNC(=NCc1ccccc1C)NCCc1nc(CC)c(C)s1. The lowest BCUT2D eigenvalue weighted by molar-refractivity contribution is 0.793. The average Bonchev–Trinajstić information content (AvgIpc) is 2.93. The summed E-state index contributed by atoms with van der Waals surface area (Å²) in [6.45, 7) is 10.9. The zero-order valence-electron chi connectivity index (χ0n) is 15.1. The van der Waals surface area contributed by atoms with E-state index in [0.29, 0.717) is 6.54 Å². The van der Waals surface area contributed by atoms with E-state index in [1.165, 1.54) is 26.7 Å². The monoisotopic (exact) mass is 344 g/mol. The van der Waals surface area contributed by atoms with E-state index in [-0.39, 0.29) is 0 Å². The molecule has 2 N–H and O–H groups in total. The molecule has 130 valence electrons. The largest absolute Gasteiger partial charge is 0.357 e. The average molecular weight is 345 g/mol. The number of thiazole rings is 1. The van der Waals surface area contributed by atoms with E-state index in [4.69, 9.17) is 9.98 Å². The van der Waals surface area contributed by atoms with Gasteiger partial charge in [0.05, 0.1) is 17.2 Å². The number of aliphatic imine (C=N–C) groups is 1. The van der Waals surface area contributed by atoms with Crippen molar-refractivity contribution in [3.8, 4) is 0 Å². The standard InChI is InChI=1S/C19H28N4S/c1-5-17-15(4)24-18(23-17)11-12-21-19(20-6-2)22-13-16-10-8-7-9-14(16)3/h7-10H,5-6,11-13H2,1-4H3,(H2,20,21,22). The van der Waals surface area contributed by atoms with E-state index in [9.17, 15) is 0 Å². The molecule has 0 unspecified atom stereocenters. The number of hydrogen-bond donors (Lipinski definition) is 2. The summed E-state index contributed by atoms with van der Waals surface area (Å²) >= 11 is 1.80. The zero-order chi connectivity index (χ0) is 17.4. The van der Waals surface area contributed by atoms with Crippen molar-refractivity contribution in [2.24, 2.45) is 4.99 Å². The second-order valence-corrected chi connectivity index (χ2v) is 7.05. The van der Waals surface area contributed by atoms with Crippen LogP contribution in [0.3, 0.4) is 0 Å². The topological polar surface area (TPSA) is 49.3 Å². The molecular formula is C19H28N4S. The van der Waals surface area contributed by atoms with E-state index in [0.717, 1.165) is 31.9 Å². The van der Waals surface area contributed by atoms with Gasteiger partial charge in [0.15, 0.2) is 5.96 Å². The fraction of sp³-hybridized carbons (Fsp3) is 0.474. The Labute approximate surface area is 149 Å². The maximum atomic E-state index is 4.69. The molecule has 4 nitrogen and oxygen atoms in total. The van der Waals surface area contributed by atoms with Gasteiger partial charge in [-0.1, -0.05) is 31.2 Å². The highest BCUT2D eigenvalue weighted by atomic mass is 32.1. The molecule has 0 aliphatic carbocycles. The Morgan fingerprint density at radius 3 is 2.62 bits per heavy atom. The fourth-order valence-electron chi connectivity index (χ4n) is 2.50. The quantitative estimate of drug-likeness (QED) is 0.596. The Morgan fingerprint density at radius 2 is 1.96 bits per heavy atom. The van der Waals surface area contributed by atoms with Crippen molar-refractivity contribution >= 4 is 17.3 Å². The van der Waals surface area contributed by atoms with Crippen molar-refractivity contribution in [3.05, 3.63) is 51.0 Å². The highest BCUT2D eigenvalue weighted by Gasteiger charge is 2.06. The molecule has 0 saturated carbocycles. The molecule has 0 fully saturated rings. The van der Waals surface area contributed by atoms with Crippen LogP contribution in [0.5, 0.6) is 0 Å². The highest BCUT2D eigenvalue weighted by Crippen LogP contribution is 2.17. The van der Waals surface area contributed by atoms with Crippen molar-refractivity contribution in [2.75, 3.05) is 13.1 Å². The first-order chi connectivity index (χ1) is 11.6. The summed E-state index contributed by atoms with van der Waals surface area (Å²) in [7, 11) is 0. The molecule has 1 aromatic heterocycles. The zero-order valence-corrected chi connectivity index (χ0v) is 16.0. The molecule has 0 amide bonds. The van der Waals surface area contributed by atoms with Crippen molar-refractivity contribution in [1.82, 2.24) is 15.6 Å². The normalized spacial score (nSPS) is 11.6. The number of guanidine groups is 1. The lowest BCUT2D eigenvalue weighted by Crippen LogP contribution is -2.38. The minimum atomic E-state index is 0.693. The van der Waals surface area contributed by atoms with Gasteiger partial charge in [-0.25, -0.2) is 9.98 Å². The van der Waals surface area contributed by atoms with E-state index < -0.39 is 0 Å². The second-order valence-electron chi connectivity index (χ2n) is 5.76. The van der Waals surface area contributed by atoms with Gasteiger partial charge in [0.1, 0.15) is 0 Å². The molecule has 1 aromatic carbocycles. The number of rotatable bonds is 7. The van der Waals surface area contributed by atoms with Gasteiger partial charge in [-0.2, -0.15) is 0 Å². The Hall–Kier alpha value is -1.88. The predicted octanol–water partition coefficient (Wildman–Crippen LogP) is 3.62. The Bertz CT molecular complexity index is 676. The molecule has 2 rings (SSSR count). The molecular weight excluding hydrogens is 316 g/mol. The maximum Gasteiger partial charge on any atom is 0.191 e. The molecule has 0 aliphatic heterocycles. The van der Waals surface area contributed by atoms with Gasteiger partial charge in [0.2, 0.25) is 0 Å². The summed E-state index contributed by atoms with van der Waals surface area (Å²) in [5.74, 6) is 0.866. The first-order valence-electron chi connectivity index (χ1n) is 8.65. The van der Waals surface area contributed by atoms with Crippen LogP contribution < -0.4 is 10.6 Å². The Morgan fingerprint density at radius 1 is 1.17 bits per heavy atom. The first-order valence-corrected chi connectivity index (χ1v) is 9.47. The molecule has 24 heavy (non-hydrogen) atoms. The van der Waals surface area contributed by atoms with Crippen LogP contribution in [0.4, 0.5) is 0 Å². The maximum absolute atomic E-state index is 4.69. The van der Waals surface area contributed by atoms with Crippen LogP contribution in [0.25, 0.3) is 0 Å². The molecule has 0 aliphatic rings. The summed E-state index contributed by atoms with van der Waals surface area (Å²) in [6, 6.07) is 8.38. The third-order valence-corrected chi connectivity index (χ3v) is 4.99. The second kappa shape index (κ2) is 9.42. The number of nitrogens with one attached hydrogen (secondary N) is 2. The van der Waals surface area contributed by atoms with Crippen LogP contribution in [-0.4, -0.2) is 24.0 Å². The summed E-state index contributed by atoms with van der Waals surface area (Å²) in [5, 5.41) is 7.92. The smallest absolute Gasteiger partial charge is 0.191 e. The molecule has 0 saturated heterocycles. The van der Waals surface area contributed by atoms with Gasteiger partial charge in [-0.15, -0.1) is 11.3 Å². The first kappa shape index (κ1) is 18.5. The van der Waals surface area contributed by atoms with Crippen LogP contribution in [-0.2, 0) is 19.4 Å². The molecule has 0 spiro atoms. The summed E-state index contributed by atoms with van der Waals surface area (Å²) in [6.07, 6.45) is 1.94. The lowest BCUT2D eigenvalue weighted by atomic mass is 10.1. The summed E-state index contributed by atoms with van der Waals surface area (Å²) < 4.78 is 0. The van der Waals surface area contributed by atoms with E-state index in [1.807, 2.05) is 0 Å². The minimum absolute atomic E-state index is 0.693. The molecule has 5 heteroatoms. The minimum Gasteiger partial charge on any atom is -0.357 e. The molecule has 1 heterocycles. The Balaban J connectivity index is 1.90. The predicted molar refractivity (Wildman–Crippen MR) is 104 cm³/mol. The van der Waals surface area contributed by atoms with Gasteiger partial charge < -0.3 is 10.6 Å². The van der Waals surface area contributed by atoms with Gasteiger partial charge in [-0.3, -0.25) is 0 Å². The van der Waals surface area contributed by atoms with Gasteiger partial charge in [-0.05, 0) is 38.3 Å². The highest BCUT2D eigenvalue weighted by molar-refractivity contribution is 7.11. The number of aryl methyl sites for hydroxylation is 3. The number of benzene rings is 1. The molecule has 2 aromatic rings. The molecule has 0 atom stereocenters. The van der Waals surface area contributed by atoms with E-state index >= 15 is 0 Å². The van der Waals surface area contributed by atoms with E-state index in [2.05, 4.69) is 62.6 Å². The van der Waals surface area contributed by atoms with E-state index in [1.54, 1.807) is 11.3 Å². The fourth-order valence-corrected chi connectivity index (χ4v) is 3.53.